The number of rotatable bonds is 7. The van der Waals surface area contributed by atoms with E-state index in [2.05, 4.69) is 23.0 Å². The van der Waals surface area contributed by atoms with Crippen molar-refractivity contribution in [2.75, 3.05) is 6.61 Å². The Bertz CT molecular complexity index is 739. The Hall–Kier alpha value is -2.24. The third-order valence-electron chi connectivity index (χ3n) is 3.64. The summed E-state index contributed by atoms with van der Waals surface area (Å²) in [6.07, 6.45) is 3.02. The summed E-state index contributed by atoms with van der Waals surface area (Å²) in [5, 5.41) is 0.609. The Morgan fingerprint density at radius 1 is 0.923 bits per heavy atom. The van der Waals surface area contributed by atoms with E-state index >= 15 is 0 Å². The van der Waals surface area contributed by atoms with E-state index in [1.54, 1.807) is 6.07 Å². The molecule has 2 amide bonds. The molecule has 0 saturated carbocycles. The second-order valence-corrected chi connectivity index (χ2v) is 6.48. The van der Waals surface area contributed by atoms with Crippen LogP contribution < -0.4 is 10.9 Å². The number of aryl methyl sites for hydroxylation is 1. The largest absolute Gasteiger partial charge is 0.448 e. The predicted molar refractivity (Wildman–Crippen MR) is 102 cm³/mol. The topological polar surface area (TPSA) is 67.4 Å². The van der Waals surface area contributed by atoms with Crippen LogP contribution in [-0.4, -0.2) is 18.6 Å². The van der Waals surface area contributed by atoms with Gasteiger partial charge >= 0.3 is 6.09 Å². The number of carbonyl (C=O) groups is 2. The molecule has 0 saturated heterocycles. The first-order chi connectivity index (χ1) is 12.6. The van der Waals surface area contributed by atoms with Gasteiger partial charge in [-0.15, -0.1) is 0 Å². The summed E-state index contributed by atoms with van der Waals surface area (Å²) in [7, 11) is 0. The minimum Gasteiger partial charge on any atom is -0.448 e. The lowest BCUT2D eigenvalue weighted by atomic mass is 10.1. The van der Waals surface area contributed by atoms with Crippen molar-refractivity contribution in [3.05, 3.63) is 69.7 Å². The first-order valence-electron chi connectivity index (χ1n) is 8.28. The molecule has 26 heavy (non-hydrogen) atoms. The summed E-state index contributed by atoms with van der Waals surface area (Å²) in [5.41, 5.74) is 5.88. The summed E-state index contributed by atoms with van der Waals surface area (Å²) in [4.78, 5) is 23.5. The molecule has 0 bridgehead atoms. The van der Waals surface area contributed by atoms with Gasteiger partial charge in [-0.2, -0.15) is 0 Å². The maximum atomic E-state index is 11.9. The zero-order valence-corrected chi connectivity index (χ0v) is 15.6. The van der Waals surface area contributed by atoms with Crippen LogP contribution in [0, 0.1) is 0 Å². The molecule has 2 aromatic carbocycles. The zero-order valence-electron chi connectivity index (χ0n) is 14.1. The minimum absolute atomic E-state index is 0.167. The smallest absolute Gasteiger partial charge is 0.426 e. The van der Waals surface area contributed by atoms with Gasteiger partial charge in [-0.1, -0.05) is 53.5 Å². The van der Waals surface area contributed by atoms with Crippen LogP contribution in [0.3, 0.4) is 0 Å². The maximum absolute atomic E-state index is 11.9. The van der Waals surface area contributed by atoms with Crippen molar-refractivity contribution in [3.8, 4) is 0 Å². The highest BCUT2D eigenvalue weighted by Gasteiger charge is 2.12. The number of hydrogen-bond donors (Lipinski definition) is 2. The van der Waals surface area contributed by atoms with Gasteiger partial charge in [-0.25, -0.2) is 10.2 Å². The van der Waals surface area contributed by atoms with Crippen molar-refractivity contribution >= 4 is 35.2 Å². The molecule has 138 valence electrons. The number of hydrazine groups is 1. The molecule has 7 heteroatoms. The highest BCUT2D eigenvalue weighted by molar-refractivity contribution is 6.35. The lowest BCUT2D eigenvalue weighted by Crippen LogP contribution is -2.42. The lowest BCUT2D eigenvalue weighted by molar-refractivity contribution is 0.0908. The third kappa shape index (κ3) is 6.94. The quantitative estimate of drug-likeness (QED) is 0.524. The molecule has 0 heterocycles. The van der Waals surface area contributed by atoms with Crippen LogP contribution in [0.4, 0.5) is 4.79 Å². The number of hydrogen-bond acceptors (Lipinski definition) is 3. The molecule has 2 aromatic rings. The second kappa shape index (κ2) is 10.7. The van der Waals surface area contributed by atoms with E-state index in [9.17, 15) is 9.59 Å². The molecule has 0 spiro atoms. The molecule has 5 nitrogen and oxygen atoms in total. The number of unbranched alkanes of at least 4 members (excludes halogenated alkanes) is 2. The van der Waals surface area contributed by atoms with E-state index in [0.29, 0.717) is 5.02 Å². The molecular weight excluding hydrogens is 375 g/mol. The molecule has 0 aliphatic carbocycles. The molecule has 2 rings (SSSR count). The van der Waals surface area contributed by atoms with Crippen LogP contribution in [-0.2, 0) is 11.2 Å². The zero-order chi connectivity index (χ0) is 18.8. The molecular formula is C19H20Cl2N2O3. The van der Waals surface area contributed by atoms with E-state index in [4.69, 9.17) is 27.9 Å². The summed E-state index contributed by atoms with van der Waals surface area (Å²) >= 11 is 11.7. The van der Waals surface area contributed by atoms with E-state index in [0.717, 1.165) is 25.7 Å². The van der Waals surface area contributed by atoms with E-state index < -0.39 is 12.0 Å². The first-order valence-corrected chi connectivity index (χ1v) is 9.04. The number of ether oxygens (including phenoxy) is 1. The van der Waals surface area contributed by atoms with Crippen LogP contribution in [0.2, 0.25) is 10.0 Å². The average molecular weight is 395 g/mol. The normalized spacial score (nSPS) is 10.2. The fraction of sp³-hybridized carbons (Fsp3) is 0.263. The van der Waals surface area contributed by atoms with Crippen molar-refractivity contribution in [3.63, 3.8) is 0 Å². The van der Waals surface area contributed by atoms with Crippen LogP contribution in [0.15, 0.2) is 48.5 Å². The summed E-state index contributed by atoms with van der Waals surface area (Å²) in [5.74, 6) is -0.572. The average Bonchev–Trinajstić information content (AvgIpc) is 2.65. The number of amides is 2. The van der Waals surface area contributed by atoms with Crippen LogP contribution in [0.25, 0.3) is 0 Å². The number of carbonyl (C=O) groups excluding carboxylic acids is 2. The lowest BCUT2D eigenvalue weighted by Gasteiger charge is -2.09. The van der Waals surface area contributed by atoms with Crippen molar-refractivity contribution in [2.24, 2.45) is 0 Å². The SMILES string of the molecule is O=C(NNC(=O)c1cc(Cl)ccc1Cl)OCCCCCc1ccccc1. The second-order valence-electron chi connectivity index (χ2n) is 5.64. The molecule has 0 aliphatic heterocycles. The minimum atomic E-state index is -0.723. The predicted octanol–water partition coefficient (Wildman–Crippen LogP) is 4.78. The molecule has 0 atom stereocenters. The van der Waals surface area contributed by atoms with Gasteiger partial charge in [-0.3, -0.25) is 10.2 Å². The van der Waals surface area contributed by atoms with Crippen LogP contribution in [0.5, 0.6) is 0 Å². The Morgan fingerprint density at radius 3 is 2.46 bits per heavy atom. The molecule has 2 N–H and O–H groups in total. The van der Waals surface area contributed by atoms with E-state index in [-0.39, 0.29) is 17.2 Å². The molecule has 0 aromatic heterocycles. The van der Waals surface area contributed by atoms with Gasteiger partial charge in [0.1, 0.15) is 0 Å². The van der Waals surface area contributed by atoms with E-state index in [1.807, 2.05) is 18.2 Å². The van der Waals surface area contributed by atoms with Crippen molar-refractivity contribution in [1.29, 1.82) is 0 Å². The monoisotopic (exact) mass is 394 g/mol. The molecule has 0 radical (unpaired) electrons. The van der Waals surface area contributed by atoms with Gasteiger partial charge in [0.15, 0.2) is 0 Å². The van der Waals surface area contributed by atoms with Gasteiger partial charge in [-0.05, 0) is 49.4 Å². The Morgan fingerprint density at radius 2 is 1.69 bits per heavy atom. The van der Waals surface area contributed by atoms with Gasteiger partial charge in [0.25, 0.3) is 5.91 Å². The van der Waals surface area contributed by atoms with Crippen molar-refractivity contribution in [2.45, 2.75) is 25.7 Å². The van der Waals surface area contributed by atoms with Gasteiger partial charge in [0.2, 0.25) is 0 Å². The highest BCUT2D eigenvalue weighted by atomic mass is 35.5. The standard InChI is InChI=1S/C19H20Cl2N2O3/c20-15-10-11-17(21)16(13-15)18(24)22-23-19(25)26-12-6-2-5-9-14-7-3-1-4-8-14/h1,3-4,7-8,10-11,13H,2,5-6,9,12H2,(H,22,24)(H,23,25). The van der Waals surface area contributed by atoms with Crippen molar-refractivity contribution < 1.29 is 14.3 Å². The maximum Gasteiger partial charge on any atom is 0.426 e. The number of benzene rings is 2. The fourth-order valence-electron chi connectivity index (χ4n) is 2.30. The number of halogens is 2. The van der Waals surface area contributed by atoms with Gasteiger partial charge < -0.3 is 4.74 Å². The molecule has 0 fully saturated rings. The number of nitrogens with one attached hydrogen (secondary N) is 2. The third-order valence-corrected chi connectivity index (χ3v) is 4.20. The molecule has 0 unspecified atom stereocenters. The summed E-state index contributed by atoms with van der Waals surface area (Å²) in [6, 6.07) is 14.7. The first kappa shape index (κ1) is 20.1. The van der Waals surface area contributed by atoms with Crippen LogP contribution in [0.1, 0.15) is 35.2 Å². The summed E-state index contributed by atoms with van der Waals surface area (Å²) < 4.78 is 5.01. The molecule has 0 aliphatic rings. The summed E-state index contributed by atoms with van der Waals surface area (Å²) in [6.45, 7) is 0.286. The fourth-order valence-corrected chi connectivity index (χ4v) is 2.68. The van der Waals surface area contributed by atoms with Crippen molar-refractivity contribution in [1.82, 2.24) is 10.9 Å². The van der Waals surface area contributed by atoms with E-state index in [1.165, 1.54) is 17.7 Å². The van der Waals surface area contributed by atoms with Crippen LogP contribution >= 0.6 is 23.2 Å². The Labute approximate surface area is 162 Å². The highest BCUT2D eigenvalue weighted by Crippen LogP contribution is 2.20. The Balaban J connectivity index is 1.59. The van der Waals surface area contributed by atoms with Gasteiger partial charge in [0.05, 0.1) is 17.2 Å². The van der Waals surface area contributed by atoms with Gasteiger partial charge in [0, 0.05) is 5.02 Å². The Kier molecular flexibility index (Phi) is 8.25.